The molecule has 0 heterocycles. The molecule has 0 aromatic rings. The molecule has 0 aromatic carbocycles. The predicted molar refractivity (Wildman–Crippen MR) is 90.2 cm³/mol. The third-order valence-corrected chi connectivity index (χ3v) is 6.02. The van der Waals surface area contributed by atoms with Gasteiger partial charge in [0, 0.05) is 0 Å². The van der Waals surface area contributed by atoms with Crippen molar-refractivity contribution in [2.24, 2.45) is 23.7 Å². The van der Waals surface area contributed by atoms with Gasteiger partial charge in [0.05, 0.1) is 6.67 Å². The summed E-state index contributed by atoms with van der Waals surface area (Å²) in [4.78, 5) is 0. The van der Waals surface area contributed by atoms with Gasteiger partial charge in [0.25, 0.3) is 0 Å². The molecule has 2 fully saturated rings. The highest BCUT2D eigenvalue weighted by Crippen LogP contribution is 2.42. The summed E-state index contributed by atoms with van der Waals surface area (Å²) in [6, 6.07) is 0. The Kier molecular flexibility index (Phi) is 7.82. The molecule has 2 aliphatic carbocycles. The van der Waals surface area contributed by atoms with Gasteiger partial charge in [-0.2, -0.15) is 0 Å². The van der Waals surface area contributed by atoms with Gasteiger partial charge < -0.3 is 0 Å². The Hall–Kier alpha value is -0.330. The average Bonchev–Trinajstić information content (AvgIpc) is 2.54. The quantitative estimate of drug-likeness (QED) is 0.458. The zero-order valence-corrected chi connectivity index (χ0v) is 14.0. The second kappa shape index (κ2) is 9.64. The average molecular weight is 294 g/mol. The summed E-state index contributed by atoms with van der Waals surface area (Å²) in [5.74, 6) is 3.82. The van der Waals surface area contributed by atoms with Crippen LogP contribution in [0, 0.1) is 23.7 Å². The van der Waals surface area contributed by atoms with Crippen LogP contribution in [0.4, 0.5) is 4.39 Å². The predicted octanol–water partition coefficient (Wildman–Crippen LogP) is 6.71. The van der Waals surface area contributed by atoms with Gasteiger partial charge in [-0.15, -0.1) is 0 Å². The fourth-order valence-corrected chi connectivity index (χ4v) is 4.60. The maximum Gasteiger partial charge on any atom is 0.0928 e. The van der Waals surface area contributed by atoms with E-state index in [0.717, 1.165) is 23.7 Å². The fourth-order valence-electron chi connectivity index (χ4n) is 4.60. The van der Waals surface area contributed by atoms with Gasteiger partial charge in [0.15, 0.2) is 0 Å². The standard InChI is InChI=1S/C20H35F/c1-2-3-6-17-8-12-19(13-9-17)20-14-10-18(11-15-20)7-4-5-16-21/h4,7,17-20H,2-3,5-6,8-16H2,1H3/b7-4+/t17-,18?,19-,20?. The number of hydrogen-bond acceptors (Lipinski definition) is 0. The molecule has 0 N–H and O–H groups in total. The molecule has 0 bridgehead atoms. The minimum atomic E-state index is -0.201. The molecular formula is C20H35F. The smallest absolute Gasteiger partial charge is 0.0928 e. The molecule has 0 aliphatic heterocycles. The first kappa shape index (κ1) is 17.0. The molecule has 2 aliphatic rings. The molecule has 0 unspecified atom stereocenters. The van der Waals surface area contributed by atoms with Crippen LogP contribution in [0.1, 0.15) is 84.0 Å². The minimum Gasteiger partial charge on any atom is -0.251 e. The lowest BCUT2D eigenvalue weighted by atomic mass is 9.68. The van der Waals surface area contributed by atoms with E-state index in [2.05, 4.69) is 19.1 Å². The largest absolute Gasteiger partial charge is 0.251 e. The van der Waals surface area contributed by atoms with Gasteiger partial charge in [-0.05, 0) is 68.6 Å². The van der Waals surface area contributed by atoms with Crippen molar-refractivity contribution in [3.05, 3.63) is 12.2 Å². The molecular weight excluding hydrogens is 259 g/mol. The van der Waals surface area contributed by atoms with Crippen LogP contribution in [0.25, 0.3) is 0 Å². The first-order chi connectivity index (χ1) is 10.3. The summed E-state index contributed by atoms with van der Waals surface area (Å²) in [5, 5.41) is 0. The summed E-state index contributed by atoms with van der Waals surface area (Å²) in [6.07, 6.45) is 20.8. The molecule has 0 spiro atoms. The van der Waals surface area contributed by atoms with E-state index in [-0.39, 0.29) is 6.67 Å². The maximum absolute atomic E-state index is 12.1. The summed E-state index contributed by atoms with van der Waals surface area (Å²) < 4.78 is 12.1. The molecule has 0 atom stereocenters. The Balaban J connectivity index is 1.64. The van der Waals surface area contributed by atoms with Crippen molar-refractivity contribution in [1.82, 2.24) is 0 Å². The highest BCUT2D eigenvalue weighted by Gasteiger charge is 2.29. The molecule has 21 heavy (non-hydrogen) atoms. The van der Waals surface area contributed by atoms with Crippen molar-refractivity contribution >= 4 is 0 Å². The summed E-state index contributed by atoms with van der Waals surface area (Å²) >= 11 is 0. The van der Waals surface area contributed by atoms with Crippen molar-refractivity contribution in [2.75, 3.05) is 6.67 Å². The van der Waals surface area contributed by atoms with Crippen LogP contribution in [0.5, 0.6) is 0 Å². The Morgan fingerprint density at radius 1 is 0.905 bits per heavy atom. The van der Waals surface area contributed by atoms with E-state index in [0.29, 0.717) is 6.42 Å². The first-order valence-electron chi connectivity index (χ1n) is 9.56. The van der Waals surface area contributed by atoms with E-state index in [1.807, 2.05) is 0 Å². The number of allylic oxidation sites excluding steroid dienone is 2. The molecule has 1 heteroatoms. The monoisotopic (exact) mass is 294 g/mol. The Labute approximate surface area is 131 Å². The third-order valence-electron chi connectivity index (χ3n) is 6.02. The summed E-state index contributed by atoms with van der Waals surface area (Å²) in [5.41, 5.74) is 0. The van der Waals surface area contributed by atoms with Crippen LogP contribution < -0.4 is 0 Å². The molecule has 2 rings (SSSR count). The van der Waals surface area contributed by atoms with Crippen molar-refractivity contribution in [1.29, 1.82) is 0 Å². The van der Waals surface area contributed by atoms with Crippen LogP contribution >= 0.6 is 0 Å². The zero-order chi connectivity index (χ0) is 14.9. The number of alkyl halides is 1. The summed E-state index contributed by atoms with van der Waals surface area (Å²) in [6.45, 7) is 2.11. The van der Waals surface area contributed by atoms with Gasteiger partial charge in [0.2, 0.25) is 0 Å². The Morgan fingerprint density at radius 2 is 1.52 bits per heavy atom. The van der Waals surface area contributed by atoms with E-state index in [1.165, 1.54) is 70.6 Å². The number of hydrogen-bond donors (Lipinski definition) is 0. The maximum atomic E-state index is 12.1. The summed E-state index contributed by atoms with van der Waals surface area (Å²) in [7, 11) is 0. The molecule has 0 nitrogen and oxygen atoms in total. The second-order valence-electron chi connectivity index (χ2n) is 7.50. The topological polar surface area (TPSA) is 0 Å². The number of rotatable bonds is 7. The van der Waals surface area contributed by atoms with Crippen molar-refractivity contribution < 1.29 is 4.39 Å². The molecule has 0 saturated heterocycles. The minimum absolute atomic E-state index is 0.201. The van der Waals surface area contributed by atoms with E-state index in [9.17, 15) is 4.39 Å². The van der Waals surface area contributed by atoms with Gasteiger partial charge in [-0.1, -0.05) is 51.2 Å². The SMILES string of the molecule is CCCC[C@H]1CC[C@H](C2CCC(/C=C/CCF)CC2)CC1. The lowest BCUT2D eigenvalue weighted by Crippen LogP contribution is -2.25. The van der Waals surface area contributed by atoms with Gasteiger partial charge >= 0.3 is 0 Å². The van der Waals surface area contributed by atoms with Crippen LogP contribution in [0.3, 0.4) is 0 Å². The second-order valence-corrected chi connectivity index (χ2v) is 7.50. The Bertz CT molecular complexity index is 280. The number of halogens is 1. The van der Waals surface area contributed by atoms with Crippen LogP contribution in [-0.2, 0) is 0 Å². The van der Waals surface area contributed by atoms with Crippen molar-refractivity contribution in [2.45, 2.75) is 84.0 Å². The first-order valence-corrected chi connectivity index (χ1v) is 9.56. The van der Waals surface area contributed by atoms with Gasteiger partial charge in [-0.3, -0.25) is 4.39 Å². The van der Waals surface area contributed by atoms with E-state index < -0.39 is 0 Å². The molecule has 0 amide bonds. The van der Waals surface area contributed by atoms with Crippen molar-refractivity contribution in [3.63, 3.8) is 0 Å². The van der Waals surface area contributed by atoms with Crippen LogP contribution in [-0.4, -0.2) is 6.67 Å². The molecule has 0 radical (unpaired) electrons. The zero-order valence-electron chi connectivity index (χ0n) is 14.0. The fraction of sp³-hybridized carbons (Fsp3) is 0.900. The van der Waals surface area contributed by atoms with E-state index >= 15 is 0 Å². The van der Waals surface area contributed by atoms with Crippen LogP contribution in [0.2, 0.25) is 0 Å². The highest BCUT2D eigenvalue weighted by atomic mass is 19.1. The Morgan fingerprint density at radius 3 is 2.10 bits per heavy atom. The van der Waals surface area contributed by atoms with E-state index in [1.54, 1.807) is 0 Å². The molecule has 2 saturated carbocycles. The highest BCUT2D eigenvalue weighted by molar-refractivity contribution is 4.92. The van der Waals surface area contributed by atoms with Gasteiger partial charge in [0.1, 0.15) is 0 Å². The van der Waals surface area contributed by atoms with E-state index in [4.69, 9.17) is 0 Å². The normalized spacial score (nSPS) is 34.4. The van der Waals surface area contributed by atoms with Gasteiger partial charge in [-0.25, -0.2) is 0 Å². The number of unbranched alkanes of at least 4 members (excludes halogenated alkanes) is 1. The molecule has 122 valence electrons. The van der Waals surface area contributed by atoms with Crippen LogP contribution in [0.15, 0.2) is 12.2 Å². The van der Waals surface area contributed by atoms with Crippen molar-refractivity contribution in [3.8, 4) is 0 Å². The lowest BCUT2D eigenvalue weighted by Gasteiger charge is -2.37. The lowest BCUT2D eigenvalue weighted by molar-refractivity contribution is 0.151. The third kappa shape index (κ3) is 5.75. The molecule has 0 aromatic heterocycles.